The highest BCUT2D eigenvalue weighted by Gasteiger charge is 2.12. The number of hydrogen-bond acceptors (Lipinski definition) is 8. The maximum atomic E-state index is 11.4. The monoisotopic (exact) mass is 502 g/mol. The summed E-state index contributed by atoms with van der Waals surface area (Å²) in [4.78, 5) is 22.7. The minimum absolute atomic E-state index is 0.148. The van der Waals surface area contributed by atoms with Crippen molar-refractivity contribution in [3.8, 4) is 17.4 Å². The fourth-order valence-corrected chi connectivity index (χ4v) is 4.14. The first-order valence-electron chi connectivity index (χ1n) is 12.2. The first kappa shape index (κ1) is 24.5. The van der Waals surface area contributed by atoms with Gasteiger partial charge in [-0.1, -0.05) is 12.1 Å². The number of fused-ring (bicyclic) bond motifs is 1. The molecular weight excluding hydrogens is 472 g/mol. The first-order valence-corrected chi connectivity index (χ1v) is 12.2. The molecule has 5 rings (SSSR count). The average molecular weight is 503 g/mol. The predicted molar refractivity (Wildman–Crippen MR) is 141 cm³/mol. The second kappa shape index (κ2) is 11.3. The van der Waals surface area contributed by atoms with Crippen molar-refractivity contribution in [3.05, 3.63) is 66.4 Å². The average Bonchev–Trinajstić information content (AvgIpc) is 3.23. The quantitative estimate of drug-likeness (QED) is 0.371. The van der Waals surface area contributed by atoms with Gasteiger partial charge in [0.2, 0.25) is 11.8 Å². The lowest BCUT2D eigenvalue weighted by molar-refractivity contribution is 0.0384. The van der Waals surface area contributed by atoms with Gasteiger partial charge in [-0.2, -0.15) is 0 Å². The maximum Gasteiger partial charge on any atom is 0.413 e. The Bertz CT molecular complexity index is 1370. The second-order valence-corrected chi connectivity index (χ2v) is 8.74. The molecule has 37 heavy (non-hydrogen) atoms. The largest absolute Gasteiger partial charge is 0.457 e. The topological polar surface area (TPSA) is 103 Å². The van der Waals surface area contributed by atoms with E-state index in [9.17, 15) is 4.79 Å². The summed E-state index contributed by atoms with van der Waals surface area (Å²) in [5, 5.41) is 5.80. The van der Waals surface area contributed by atoms with Gasteiger partial charge in [0.05, 0.1) is 24.2 Å². The zero-order chi connectivity index (χ0) is 25.6. The van der Waals surface area contributed by atoms with Crippen LogP contribution in [0.1, 0.15) is 5.56 Å². The molecular formula is C27H30N6O4. The van der Waals surface area contributed by atoms with Crippen LogP contribution in [0, 0.1) is 0 Å². The van der Waals surface area contributed by atoms with Crippen molar-refractivity contribution in [3.63, 3.8) is 0 Å². The van der Waals surface area contributed by atoms with Crippen molar-refractivity contribution in [1.82, 2.24) is 24.8 Å². The molecule has 0 aliphatic carbocycles. The molecule has 10 heteroatoms. The number of ether oxygens (including phenoxy) is 3. The molecule has 0 saturated carbocycles. The normalized spacial score (nSPS) is 13.9. The van der Waals surface area contributed by atoms with Crippen molar-refractivity contribution >= 4 is 28.8 Å². The summed E-state index contributed by atoms with van der Waals surface area (Å²) < 4.78 is 18.5. The molecule has 2 aromatic heterocycles. The molecule has 2 aromatic carbocycles. The lowest BCUT2D eigenvalue weighted by Crippen LogP contribution is -2.37. The number of aryl methyl sites for hydroxylation is 1. The zero-order valence-electron chi connectivity index (χ0n) is 20.9. The Hall–Kier alpha value is -4.15. The third kappa shape index (κ3) is 6.16. The Kier molecular flexibility index (Phi) is 7.48. The molecule has 1 amide bonds. The number of nitrogens with one attached hydrogen (secondary N) is 2. The number of morpholine rings is 1. The molecule has 0 radical (unpaired) electrons. The minimum Gasteiger partial charge on any atom is -0.457 e. The molecule has 0 unspecified atom stereocenters. The van der Waals surface area contributed by atoms with Crippen LogP contribution in [-0.4, -0.2) is 65.4 Å². The van der Waals surface area contributed by atoms with Crippen molar-refractivity contribution in [2.75, 3.05) is 45.2 Å². The molecule has 10 nitrogen and oxygen atoms in total. The fourth-order valence-electron chi connectivity index (χ4n) is 4.14. The van der Waals surface area contributed by atoms with Gasteiger partial charge in [0.1, 0.15) is 11.5 Å². The molecule has 0 atom stereocenters. The van der Waals surface area contributed by atoms with E-state index in [1.165, 1.54) is 18.8 Å². The van der Waals surface area contributed by atoms with Crippen LogP contribution >= 0.6 is 0 Å². The van der Waals surface area contributed by atoms with Crippen LogP contribution in [-0.2, 0) is 18.2 Å². The number of carbonyl (C=O) groups excluding carboxylic acids is 1. The number of benzene rings is 2. The summed E-state index contributed by atoms with van der Waals surface area (Å²) in [6, 6.07) is 17.4. The van der Waals surface area contributed by atoms with E-state index in [-0.39, 0.29) is 5.88 Å². The second-order valence-electron chi connectivity index (χ2n) is 8.74. The van der Waals surface area contributed by atoms with E-state index in [0.717, 1.165) is 61.9 Å². The van der Waals surface area contributed by atoms with Gasteiger partial charge in [-0.15, -0.1) is 0 Å². The number of hydrogen-bond donors (Lipinski definition) is 2. The molecule has 4 aromatic rings. The number of amides is 1. The SMILES string of the molecule is CNC(=O)Oc1cc(Oc2ccc3c(c2)nc(Nc2ccc(CCN4CCOCC4)cc2)n3C)ccn1. The predicted octanol–water partition coefficient (Wildman–Crippen LogP) is 4.10. The molecule has 1 fully saturated rings. The molecule has 1 aliphatic rings. The number of anilines is 2. The van der Waals surface area contributed by atoms with E-state index >= 15 is 0 Å². The number of pyridine rings is 1. The van der Waals surface area contributed by atoms with E-state index in [0.29, 0.717) is 11.5 Å². The van der Waals surface area contributed by atoms with E-state index in [2.05, 4.69) is 44.8 Å². The van der Waals surface area contributed by atoms with Crippen molar-refractivity contribution in [1.29, 1.82) is 0 Å². The Morgan fingerprint density at radius 2 is 1.84 bits per heavy atom. The summed E-state index contributed by atoms with van der Waals surface area (Å²) in [5.74, 6) is 1.99. The molecule has 1 aliphatic heterocycles. The maximum absolute atomic E-state index is 11.4. The van der Waals surface area contributed by atoms with Crippen molar-refractivity contribution < 1.29 is 19.0 Å². The smallest absolute Gasteiger partial charge is 0.413 e. The van der Waals surface area contributed by atoms with Crippen LogP contribution in [0.5, 0.6) is 17.4 Å². The molecule has 2 N–H and O–H groups in total. The highest BCUT2D eigenvalue weighted by Crippen LogP contribution is 2.29. The van der Waals surface area contributed by atoms with Gasteiger partial charge in [0.15, 0.2) is 0 Å². The lowest BCUT2D eigenvalue weighted by atomic mass is 10.1. The van der Waals surface area contributed by atoms with Crippen molar-refractivity contribution in [2.24, 2.45) is 7.05 Å². The minimum atomic E-state index is -0.595. The van der Waals surface area contributed by atoms with Gasteiger partial charge in [-0.05, 0) is 42.3 Å². The van der Waals surface area contributed by atoms with Gasteiger partial charge >= 0.3 is 6.09 Å². The summed E-state index contributed by atoms with van der Waals surface area (Å²) in [6.07, 6.45) is 1.94. The van der Waals surface area contributed by atoms with Crippen LogP contribution in [0.25, 0.3) is 11.0 Å². The van der Waals surface area contributed by atoms with Crippen molar-refractivity contribution in [2.45, 2.75) is 6.42 Å². The number of nitrogens with zero attached hydrogens (tertiary/aromatic N) is 4. The highest BCUT2D eigenvalue weighted by atomic mass is 16.6. The number of carbonyl (C=O) groups is 1. The summed E-state index contributed by atoms with van der Waals surface area (Å²) in [5.41, 5.74) is 4.05. The van der Waals surface area contributed by atoms with Crippen LogP contribution in [0.3, 0.4) is 0 Å². The van der Waals surface area contributed by atoms with Crippen LogP contribution in [0.15, 0.2) is 60.8 Å². The Labute approximate surface area is 215 Å². The highest BCUT2D eigenvalue weighted by molar-refractivity contribution is 5.81. The molecule has 192 valence electrons. The van der Waals surface area contributed by atoms with Gasteiger partial charge in [-0.3, -0.25) is 4.90 Å². The van der Waals surface area contributed by atoms with E-state index in [1.807, 2.05) is 29.8 Å². The van der Waals surface area contributed by atoms with E-state index in [1.54, 1.807) is 12.1 Å². The van der Waals surface area contributed by atoms with E-state index < -0.39 is 6.09 Å². The third-order valence-electron chi connectivity index (χ3n) is 6.23. The third-order valence-corrected chi connectivity index (χ3v) is 6.23. The number of aromatic nitrogens is 3. The standard InChI is InChI=1S/C27H30N6O4/c1-28-27(34)37-25-18-22(9-11-29-25)36-21-7-8-24-23(17-21)31-26(32(24)2)30-20-5-3-19(4-6-20)10-12-33-13-15-35-16-14-33/h3-9,11,17-18H,10,12-16H2,1-2H3,(H,28,34)(H,30,31). The summed E-state index contributed by atoms with van der Waals surface area (Å²) >= 11 is 0. The van der Waals surface area contributed by atoms with Gasteiger partial charge in [0, 0.05) is 57.7 Å². The summed E-state index contributed by atoms with van der Waals surface area (Å²) in [6.45, 7) is 4.72. The van der Waals surface area contributed by atoms with E-state index in [4.69, 9.17) is 19.2 Å². The number of imidazole rings is 1. The Morgan fingerprint density at radius 3 is 2.62 bits per heavy atom. The summed E-state index contributed by atoms with van der Waals surface area (Å²) in [7, 11) is 3.46. The Balaban J connectivity index is 1.24. The fraction of sp³-hybridized carbons (Fsp3) is 0.296. The lowest BCUT2D eigenvalue weighted by Gasteiger charge is -2.26. The number of rotatable bonds is 8. The molecule has 3 heterocycles. The molecule has 0 bridgehead atoms. The van der Waals surface area contributed by atoms with Gasteiger partial charge < -0.3 is 29.4 Å². The van der Waals surface area contributed by atoms with Gasteiger partial charge in [-0.25, -0.2) is 14.8 Å². The van der Waals surface area contributed by atoms with Gasteiger partial charge in [0.25, 0.3) is 0 Å². The van der Waals surface area contributed by atoms with Crippen LogP contribution in [0.2, 0.25) is 0 Å². The van der Waals surface area contributed by atoms with Crippen LogP contribution < -0.4 is 20.1 Å². The first-order chi connectivity index (χ1) is 18.1. The Morgan fingerprint density at radius 1 is 1.05 bits per heavy atom. The molecule has 0 spiro atoms. The van der Waals surface area contributed by atoms with Crippen LogP contribution in [0.4, 0.5) is 16.4 Å². The molecule has 1 saturated heterocycles. The zero-order valence-corrected chi connectivity index (χ0v) is 20.9.